The number of nitrogen functional groups attached to an aromatic ring is 1. The van der Waals surface area contributed by atoms with Crippen molar-refractivity contribution in [1.82, 2.24) is 15.2 Å². The van der Waals surface area contributed by atoms with E-state index >= 15 is 0 Å². The van der Waals surface area contributed by atoms with Crippen LogP contribution < -0.4 is 10.5 Å². The third kappa shape index (κ3) is 1.96. The van der Waals surface area contributed by atoms with Gasteiger partial charge < -0.3 is 10.5 Å². The number of rotatable bonds is 3. The van der Waals surface area contributed by atoms with Crippen molar-refractivity contribution in [3.8, 4) is 27.4 Å². The number of nitrogens with two attached hydrogens (primary N) is 1. The molecule has 2 aromatic heterocycles. The molecule has 0 atom stereocenters. The average Bonchev–Trinajstić information content (AvgIpc) is 3.07. The molecule has 96 valence electrons. The molecule has 0 spiro atoms. The SMILES string of the molecule is COc1ccccc1-c1c(N)n[nH]c1-c1cncs1. The summed E-state index contributed by atoms with van der Waals surface area (Å²) in [4.78, 5) is 5.07. The molecule has 6 heteroatoms. The highest BCUT2D eigenvalue weighted by Crippen LogP contribution is 2.40. The fraction of sp³-hybridized carbons (Fsp3) is 0.0769. The maximum Gasteiger partial charge on any atom is 0.153 e. The molecule has 0 amide bonds. The fourth-order valence-corrected chi connectivity index (χ4v) is 2.62. The third-order valence-electron chi connectivity index (χ3n) is 2.85. The molecule has 3 aromatic rings. The van der Waals surface area contributed by atoms with E-state index < -0.39 is 0 Å². The van der Waals surface area contributed by atoms with Crippen molar-refractivity contribution >= 4 is 17.2 Å². The molecule has 0 unspecified atom stereocenters. The van der Waals surface area contributed by atoms with E-state index in [0.29, 0.717) is 5.82 Å². The van der Waals surface area contributed by atoms with Gasteiger partial charge in [0, 0.05) is 11.8 Å². The van der Waals surface area contributed by atoms with Gasteiger partial charge in [0.15, 0.2) is 5.82 Å². The lowest BCUT2D eigenvalue weighted by Gasteiger charge is -2.08. The number of ether oxygens (including phenoxy) is 1. The molecular formula is C13H12N4OS. The Hall–Kier alpha value is -2.34. The van der Waals surface area contributed by atoms with E-state index in [1.54, 1.807) is 18.8 Å². The number of methoxy groups -OCH3 is 1. The lowest BCUT2D eigenvalue weighted by atomic mass is 10.0. The maximum absolute atomic E-state index is 5.99. The number of aromatic amines is 1. The number of nitrogens with zero attached hydrogens (tertiary/aromatic N) is 2. The van der Waals surface area contributed by atoms with Crippen LogP contribution in [0.1, 0.15) is 0 Å². The van der Waals surface area contributed by atoms with Gasteiger partial charge in [-0.1, -0.05) is 18.2 Å². The van der Waals surface area contributed by atoms with Crippen molar-refractivity contribution in [2.45, 2.75) is 0 Å². The lowest BCUT2D eigenvalue weighted by molar-refractivity contribution is 0.416. The van der Waals surface area contributed by atoms with Gasteiger partial charge in [-0.2, -0.15) is 5.10 Å². The minimum Gasteiger partial charge on any atom is -0.496 e. The van der Waals surface area contributed by atoms with Gasteiger partial charge in [-0.05, 0) is 6.07 Å². The molecule has 0 saturated carbocycles. The van der Waals surface area contributed by atoms with Crippen molar-refractivity contribution in [1.29, 1.82) is 0 Å². The monoisotopic (exact) mass is 272 g/mol. The van der Waals surface area contributed by atoms with E-state index in [2.05, 4.69) is 15.2 Å². The quantitative estimate of drug-likeness (QED) is 0.768. The molecule has 5 nitrogen and oxygen atoms in total. The van der Waals surface area contributed by atoms with Crippen molar-refractivity contribution in [3.05, 3.63) is 36.0 Å². The summed E-state index contributed by atoms with van der Waals surface area (Å²) in [6.45, 7) is 0. The number of aromatic nitrogens is 3. The molecule has 0 aliphatic heterocycles. The van der Waals surface area contributed by atoms with Gasteiger partial charge in [-0.15, -0.1) is 11.3 Å². The summed E-state index contributed by atoms with van der Waals surface area (Å²) in [7, 11) is 1.64. The summed E-state index contributed by atoms with van der Waals surface area (Å²) in [6, 6.07) is 7.73. The van der Waals surface area contributed by atoms with Gasteiger partial charge >= 0.3 is 0 Å². The van der Waals surface area contributed by atoms with E-state index in [1.807, 2.05) is 24.3 Å². The van der Waals surface area contributed by atoms with Gasteiger partial charge in [0.2, 0.25) is 0 Å². The highest BCUT2D eigenvalue weighted by Gasteiger charge is 2.18. The van der Waals surface area contributed by atoms with E-state index in [1.165, 1.54) is 11.3 Å². The van der Waals surface area contributed by atoms with Crippen molar-refractivity contribution in [3.63, 3.8) is 0 Å². The number of hydrogen-bond acceptors (Lipinski definition) is 5. The Kier molecular flexibility index (Phi) is 2.92. The largest absolute Gasteiger partial charge is 0.496 e. The zero-order valence-corrected chi connectivity index (χ0v) is 11.1. The number of anilines is 1. The second kappa shape index (κ2) is 4.74. The maximum atomic E-state index is 5.99. The van der Waals surface area contributed by atoms with Crippen molar-refractivity contribution in [2.24, 2.45) is 0 Å². The predicted molar refractivity (Wildman–Crippen MR) is 76.1 cm³/mol. The number of hydrogen-bond donors (Lipinski definition) is 2. The summed E-state index contributed by atoms with van der Waals surface area (Å²) in [5.41, 5.74) is 10.4. The molecule has 2 heterocycles. The number of para-hydroxylation sites is 1. The Bertz CT molecular complexity index is 690. The third-order valence-corrected chi connectivity index (χ3v) is 3.64. The normalized spacial score (nSPS) is 10.6. The zero-order valence-electron chi connectivity index (χ0n) is 10.3. The smallest absolute Gasteiger partial charge is 0.153 e. The van der Waals surface area contributed by atoms with Crippen molar-refractivity contribution in [2.75, 3.05) is 12.8 Å². The summed E-state index contributed by atoms with van der Waals surface area (Å²) < 4.78 is 5.39. The van der Waals surface area contributed by atoms with E-state index in [4.69, 9.17) is 10.5 Å². The second-order valence-electron chi connectivity index (χ2n) is 3.92. The second-order valence-corrected chi connectivity index (χ2v) is 4.81. The first-order valence-electron chi connectivity index (χ1n) is 5.67. The summed E-state index contributed by atoms with van der Waals surface area (Å²) >= 11 is 1.53. The standard InChI is InChI=1S/C13H12N4OS/c1-18-9-5-3-2-4-8(9)11-12(16-17-13(11)14)10-6-15-7-19-10/h2-7H,1H3,(H3,14,16,17). The van der Waals surface area contributed by atoms with Gasteiger partial charge in [0.25, 0.3) is 0 Å². The van der Waals surface area contributed by atoms with Gasteiger partial charge in [-0.25, -0.2) is 0 Å². The molecule has 3 N–H and O–H groups in total. The minimum absolute atomic E-state index is 0.452. The molecule has 0 bridgehead atoms. The van der Waals surface area contributed by atoms with Crippen LogP contribution in [0.25, 0.3) is 21.7 Å². The summed E-state index contributed by atoms with van der Waals surface area (Å²) in [5, 5.41) is 7.07. The summed E-state index contributed by atoms with van der Waals surface area (Å²) in [5.74, 6) is 1.22. The summed E-state index contributed by atoms with van der Waals surface area (Å²) in [6.07, 6.45) is 1.79. The minimum atomic E-state index is 0.452. The fourth-order valence-electron chi connectivity index (χ4n) is 2.00. The van der Waals surface area contributed by atoms with Crippen LogP contribution in [0.2, 0.25) is 0 Å². The topological polar surface area (TPSA) is 76.8 Å². The highest BCUT2D eigenvalue weighted by atomic mass is 32.1. The molecule has 0 fully saturated rings. The Morgan fingerprint density at radius 1 is 1.32 bits per heavy atom. The molecule has 0 aliphatic carbocycles. The Morgan fingerprint density at radius 3 is 2.89 bits per heavy atom. The lowest BCUT2D eigenvalue weighted by Crippen LogP contribution is -1.92. The molecule has 1 aromatic carbocycles. The van der Waals surface area contributed by atoms with E-state index in [0.717, 1.165) is 27.4 Å². The van der Waals surface area contributed by atoms with Crippen LogP contribution in [0.5, 0.6) is 5.75 Å². The van der Waals surface area contributed by atoms with E-state index in [9.17, 15) is 0 Å². The van der Waals surface area contributed by atoms with Crippen molar-refractivity contribution < 1.29 is 4.74 Å². The van der Waals surface area contributed by atoms with Crippen LogP contribution in [-0.4, -0.2) is 22.3 Å². The molecular weight excluding hydrogens is 260 g/mol. The van der Waals surface area contributed by atoms with Crippen LogP contribution in [0.4, 0.5) is 5.82 Å². The number of thiazole rings is 1. The molecule has 0 radical (unpaired) electrons. The molecule has 3 rings (SSSR count). The van der Waals surface area contributed by atoms with E-state index in [-0.39, 0.29) is 0 Å². The number of benzene rings is 1. The number of H-pyrrole nitrogens is 1. The first kappa shape index (κ1) is 11.7. The highest BCUT2D eigenvalue weighted by molar-refractivity contribution is 7.13. The van der Waals surface area contributed by atoms with Gasteiger partial charge in [0.1, 0.15) is 5.75 Å². The van der Waals surface area contributed by atoms with Crippen LogP contribution >= 0.6 is 11.3 Å². The Balaban J connectivity index is 2.23. The molecule has 0 aliphatic rings. The Labute approximate surface area is 114 Å². The van der Waals surface area contributed by atoms with Crippen LogP contribution in [-0.2, 0) is 0 Å². The first-order valence-corrected chi connectivity index (χ1v) is 6.55. The van der Waals surface area contributed by atoms with Crippen LogP contribution in [0, 0.1) is 0 Å². The zero-order chi connectivity index (χ0) is 13.2. The van der Waals surface area contributed by atoms with Crippen LogP contribution in [0.3, 0.4) is 0 Å². The van der Waals surface area contributed by atoms with Gasteiger partial charge in [-0.3, -0.25) is 10.1 Å². The van der Waals surface area contributed by atoms with Gasteiger partial charge in [0.05, 0.1) is 28.8 Å². The molecule has 0 saturated heterocycles. The number of nitrogens with one attached hydrogen (secondary N) is 1. The Morgan fingerprint density at radius 2 is 2.16 bits per heavy atom. The first-order chi connectivity index (χ1) is 9.31. The average molecular weight is 272 g/mol. The predicted octanol–water partition coefficient (Wildman–Crippen LogP) is 2.79. The van der Waals surface area contributed by atoms with Crippen LogP contribution in [0.15, 0.2) is 36.0 Å². The molecule has 19 heavy (non-hydrogen) atoms.